The molecular formula is C18H26N2O6. The van der Waals surface area contributed by atoms with Crippen LogP contribution in [0.25, 0.3) is 0 Å². The highest BCUT2D eigenvalue weighted by molar-refractivity contribution is 6.06. The number of amides is 2. The van der Waals surface area contributed by atoms with Gasteiger partial charge in [0.1, 0.15) is 5.41 Å². The molecule has 144 valence electrons. The normalized spacial score (nSPS) is 46.9. The SMILES string of the molecule is NC(=O)C1(C(N)=O)C(CC2CO2)C(CC2CO2)C1(CC1CO1)CC1CO1. The van der Waals surface area contributed by atoms with Gasteiger partial charge in [0, 0.05) is 5.41 Å². The largest absolute Gasteiger partial charge is 0.373 e. The van der Waals surface area contributed by atoms with E-state index < -0.39 is 22.6 Å². The van der Waals surface area contributed by atoms with Crippen LogP contribution in [0.15, 0.2) is 0 Å². The summed E-state index contributed by atoms with van der Waals surface area (Å²) < 4.78 is 21.9. The summed E-state index contributed by atoms with van der Waals surface area (Å²) in [5.74, 6) is -1.28. The first kappa shape index (κ1) is 16.9. The Morgan fingerprint density at radius 3 is 1.46 bits per heavy atom. The molecule has 0 aromatic heterocycles. The van der Waals surface area contributed by atoms with E-state index in [1.54, 1.807) is 0 Å². The van der Waals surface area contributed by atoms with Crippen LogP contribution in [0.3, 0.4) is 0 Å². The standard InChI is InChI=1S/C18H26N2O6/c19-15(21)18(16(20)22)14(2-10-6-24-10)13(1-9-5-23-9)17(18,3-11-7-25-11)4-12-8-26-12/h9-14H,1-8H2,(H2,19,21)(H2,20,22). The molecule has 0 spiro atoms. The molecule has 5 fully saturated rings. The van der Waals surface area contributed by atoms with Gasteiger partial charge in [0.25, 0.3) is 0 Å². The van der Waals surface area contributed by atoms with E-state index in [1.807, 2.05) is 0 Å². The van der Waals surface area contributed by atoms with Crippen LogP contribution in [0.5, 0.6) is 0 Å². The van der Waals surface area contributed by atoms with Crippen molar-refractivity contribution in [3.05, 3.63) is 0 Å². The second-order valence-corrected chi connectivity index (χ2v) is 8.61. The summed E-state index contributed by atoms with van der Waals surface area (Å²) in [7, 11) is 0. The molecule has 8 heteroatoms. The number of rotatable bonds is 10. The van der Waals surface area contributed by atoms with Gasteiger partial charge in [-0.1, -0.05) is 0 Å². The minimum absolute atomic E-state index is 0.0626. The maximum absolute atomic E-state index is 12.8. The van der Waals surface area contributed by atoms with Crippen molar-refractivity contribution in [1.29, 1.82) is 0 Å². The van der Waals surface area contributed by atoms with Crippen LogP contribution in [0.2, 0.25) is 0 Å². The predicted molar refractivity (Wildman–Crippen MR) is 87.7 cm³/mol. The van der Waals surface area contributed by atoms with Gasteiger partial charge in [-0.05, 0) is 37.5 Å². The average Bonchev–Trinajstić information content (AvgIpc) is 3.42. The Morgan fingerprint density at radius 1 is 0.731 bits per heavy atom. The van der Waals surface area contributed by atoms with Crippen LogP contribution in [-0.2, 0) is 28.5 Å². The minimum Gasteiger partial charge on any atom is -0.373 e. The number of carbonyl (C=O) groups excluding carboxylic acids is 2. The Hall–Kier alpha value is -1.22. The minimum atomic E-state index is -1.36. The van der Waals surface area contributed by atoms with E-state index in [0.29, 0.717) is 39.1 Å². The molecule has 4 saturated heterocycles. The molecule has 1 aliphatic carbocycles. The topological polar surface area (TPSA) is 136 Å². The zero-order valence-electron chi connectivity index (χ0n) is 14.7. The first-order chi connectivity index (χ1) is 12.5. The molecule has 0 radical (unpaired) electrons. The van der Waals surface area contributed by atoms with Crippen molar-refractivity contribution in [3.63, 3.8) is 0 Å². The summed E-state index contributed by atoms with van der Waals surface area (Å²) in [6.45, 7) is 2.72. The summed E-state index contributed by atoms with van der Waals surface area (Å²) in [5, 5.41) is 0. The highest BCUT2D eigenvalue weighted by Crippen LogP contribution is 2.72. The van der Waals surface area contributed by atoms with Crippen LogP contribution in [0, 0.1) is 22.7 Å². The van der Waals surface area contributed by atoms with Gasteiger partial charge in [-0.2, -0.15) is 0 Å². The van der Waals surface area contributed by atoms with Crippen molar-refractivity contribution < 1.29 is 28.5 Å². The molecule has 26 heavy (non-hydrogen) atoms. The van der Waals surface area contributed by atoms with Crippen LogP contribution >= 0.6 is 0 Å². The van der Waals surface area contributed by atoms with Gasteiger partial charge in [-0.3, -0.25) is 9.59 Å². The average molecular weight is 366 g/mol. The second-order valence-electron chi connectivity index (χ2n) is 8.61. The molecule has 6 unspecified atom stereocenters. The Labute approximate surface area is 151 Å². The van der Waals surface area contributed by atoms with Gasteiger partial charge in [0.2, 0.25) is 11.8 Å². The molecule has 0 aromatic rings. The molecule has 2 amide bonds. The van der Waals surface area contributed by atoms with E-state index in [1.165, 1.54) is 0 Å². The van der Waals surface area contributed by atoms with Crippen LogP contribution in [0.4, 0.5) is 0 Å². The maximum atomic E-state index is 12.8. The monoisotopic (exact) mass is 366 g/mol. The summed E-state index contributed by atoms with van der Waals surface area (Å²) in [5.41, 5.74) is 9.83. The van der Waals surface area contributed by atoms with Crippen LogP contribution < -0.4 is 11.5 Å². The maximum Gasteiger partial charge on any atom is 0.234 e. The number of primary amides is 2. The van der Waals surface area contributed by atoms with Crippen molar-refractivity contribution >= 4 is 11.8 Å². The molecule has 5 aliphatic rings. The third kappa shape index (κ3) is 2.50. The molecule has 0 aromatic carbocycles. The molecular weight excluding hydrogens is 340 g/mol. The lowest BCUT2D eigenvalue weighted by Crippen LogP contribution is -2.76. The molecule has 4 N–H and O–H groups in total. The molecule has 5 rings (SSSR count). The number of carbonyl (C=O) groups is 2. The van der Waals surface area contributed by atoms with Crippen LogP contribution in [0.1, 0.15) is 25.7 Å². The van der Waals surface area contributed by atoms with Gasteiger partial charge in [0.05, 0.1) is 50.8 Å². The van der Waals surface area contributed by atoms with Gasteiger partial charge < -0.3 is 30.4 Å². The first-order valence-electron chi connectivity index (χ1n) is 9.53. The Balaban J connectivity index is 1.56. The Bertz CT molecular complexity index is 595. The van der Waals surface area contributed by atoms with Crippen LogP contribution in [-0.4, -0.2) is 62.7 Å². The van der Waals surface area contributed by atoms with E-state index in [-0.39, 0.29) is 36.3 Å². The number of ether oxygens (including phenoxy) is 4. The Kier molecular flexibility index (Phi) is 3.67. The van der Waals surface area contributed by atoms with E-state index in [9.17, 15) is 9.59 Å². The fourth-order valence-electron chi connectivity index (χ4n) is 5.83. The quantitative estimate of drug-likeness (QED) is 0.389. The van der Waals surface area contributed by atoms with E-state index in [4.69, 9.17) is 30.4 Å². The number of hydrogen-bond acceptors (Lipinski definition) is 6. The number of nitrogens with two attached hydrogens (primary N) is 2. The highest BCUT2D eigenvalue weighted by Gasteiger charge is 2.78. The van der Waals surface area contributed by atoms with Crippen molar-refractivity contribution in [1.82, 2.24) is 0 Å². The lowest BCUT2D eigenvalue weighted by molar-refractivity contribution is -0.220. The summed E-state index contributed by atoms with van der Waals surface area (Å²) >= 11 is 0. The fourth-order valence-corrected chi connectivity index (χ4v) is 5.83. The summed E-state index contributed by atoms with van der Waals surface area (Å²) in [4.78, 5) is 25.6. The van der Waals surface area contributed by atoms with Gasteiger partial charge in [0.15, 0.2) is 0 Å². The zero-order valence-corrected chi connectivity index (χ0v) is 14.7. The van der Waals surface area contributed by atoms with Crippen molar-refractivity contribution in [2.45, 2.75) is 50.1 Å². The fraction of sp³-hybridized carbons (Fsp3) is 0.889. The third-order valence-electron chi connectivity index (χ3n) is 7.14. The smallest absolute Gasteiger partial charge is 0.234 e. The first-order valence-corrected chi connectivity index (χ1v) is 9.53. The second kappa shape index (κ2) is 5.64. The molecule has 6 atom stereocenters. The number of epoxide rings is 4. The molecule has 4 aliphatic heterocycles. The number of hydrogen-bond donors (Lipinski definition) is 2. The lowest BCUT2D eigenvalue weighted by atomic mass is 9.33. The van der Waals surface area contributed by atoms with Crippen molar-refractivity contribution in [3.8, 4) is 0 Å². The molecule has 1 saturated carbocycles. The molecule has 0 bridgehead atoms. The summed E-state index contributed by atoms with van der Waals surface area (Å²) in [6.07, 6.45) is 3.12. The zero-order chi connectivity index (χ0) is 18.1. The van der Waals surface area contributed by atoms with Gasteiger partial charge in [-0.15, -0.1) is 0 Å². The van der Waals surface area contributed by atoms with Gasteiger partial charge >= 0.3 is 0 Å². The van der Waals surface area contributed by atoms with E-state index in [2.05, 4.69) is 0 Å². The molecule has 4 heterocycles. The Morgan fingerprint density at radius 2 is 1.12 bits per heavy atom. The van der Waals surface area contributed by atoms with Crippen molar-refractivity contribution in [2.24, 2.45) is 34.1 Å². The van der Waals surface area contributed by atoms with Gasteiger partial charge in [-0.25, -0.2) is 0 Å². The summed E-state index contributed by atoms with van der Waals surface area (Å²) in [6, 6.07) is 0. The highest BCUT2D eigenvalue weighted by atomic mass is 16.6. The third-order valence-corrected chi connectivity index (χ3v) is 7.14. The molecule has 8 nitrogen and oxygen atoms in total. The van der Waals surface area contributed by atoms with Crippen molar-refractivity contribution in [2.75, 3.05) is 26.4 Å². The van der Waals surface area contributed by atoms with E-state index in [0.717, 1.165) is 13.0 Å². The van der Waals surface area contributed by atoms with E-state index >= 15 is 0 Å². The predicted octanol–water partition coefficient (Wildman–Crippen LogP) is -0.669. The lowest BCUT2D eigenvalue weighted by Gasteiger charge is -2.67.